The lowest BCUT2D eigenvalue weighted by molar-refractivity contribution is -0.120. The van der Waals surface area contributed by atoms with Gasteiger partial charge in [-0.1, -0.05) is 18.2 Å². The number of nitrogens with zero attached hydrogens (tertiary/aromatic N) is 2. The highest BCUT2D eigenvalue weighted by atomic mass is 32.1. The van der Waals surface area contributed by atoms with Crippen molar-refractivity contribution < 1.29 is 13.9 Å². The number of ether oxygens (including phenoxy) is 1. The van der Waals surface area contributed by atoms with E-state index in [1.807, 2.05) is 11.4 Å². The Morgan fingerprint density at radius 1 is 1.21 bits per heavy atom. The van der Waals surface area contributed by atoms with E-state index >= 15 is 0 Å². The van der Waals surface area contributed by atoms with Crippen molar-refractivity contribution in [1.29, 1.82) is 0 Å². The van der Waals surface area contributed by atoms with Gasteiger partial charge >= 0.3 is 0 Å². The second-order valence-corrected chi connectivity index (χ2v) is 7.62. The zero-order chi connectivity index (χ0) is 19.2. The molecule has 0 saturated carbocycles. The van der Waals surface area contributed by atoms with Crippen LogP contribution in [0.1, 0.15) is 17.0 Å². The van der Waals surface area contributed by atoms with Crippen LogP contribution in [-0.4, -0.2) is 42.1 Å². The molecular formula is C21H23N3O3S. The molecule has 3 heterocycles. The van der Waals surface area contributed by atoms with E-state index < -0.39 is 0 Å². The van der Waals surface area contributed by atoms with Crippen LogP contribution in [0.5, 0.6) is 0 Å². The summed E-state index contributed by atoms with van der Waals surface area (Å²) in [6.07, 6.45) is 1.87. The van der Waals surface area contributed by atoms with E-state index in [4.69, 9.17) is 9.15 Å². The van der Waals surface area contributed by atoms with Crippen molar-refractivity contribution in [2.45, 2.75) is 19.5 Å². The van der Waals surface area contributed by atoms with E-state index in [1.165, 1.54) is 5.56 Å². The minimum absolute atomic E-state index is 0.0608. The molecule has 28 heavy (non-hydrogen) atoms. The van der Waals surface area contributed by atoms with Crippen LogP contribution in [0.3, 0.4) is 0 Å². The molecule has 1 amide bonds. The molecule has 4 rings (SSSR count). The Hall–Kier alpha value is -2.48. The maximum atomic E-state index is 12.1. The van der Waals surface area contributed by atoms with Gasteiger partial charge in [0.05, 0.1) is 38.1 Å². The van der Waals surface area contributed by atoms with E-state index in [9.17, 15) is 4.79 Å². The third kappa shape index (κ3) is 5.07. The molecule has 1 aliphatic rings. The predicted molar refractivity (Wildman–Crippen MR) is 108 cm³/mol. The molecule has 146 valence electrons. The molecule has 1 aromatic carbocycles. The Morgan fingerprint density at radius 3 is 2.93 bits per heavy atom. The minimum atomic E-state index is -0.0608. The SMILES string of the molecule is O=C(Cc1csc(-c2cccc(CN3CCOCC3)c2)n1)NCc1ccco1. The third-order valence-corrected chi connectivity index (χ3v) is 5.56. The molecule has 0 atom stereocenters. The predicted octanol–water partition coefficient (Wildman–Crippen LogP) is 3.09. The number of hydrogen-bond acceptors (Lipinski definition) is 6. The number of carbonyl (C=O) groups is 1. The second kappa shape index (κ2) is 9.14. The number of amides is 1. The fraction of sp³-hybridized carbons (Fsp3) is 0.333. The van der Waals surface area contributed by atoms with Crippen molar-refractivity contribution in [1.82, 2.24) is 15.2 Å². The number of benzene rings is 1. The Morgan fingerprint density at radius 2 is 2.11 bits per heavy atom. The van der Waals surface area contributed by atoms with Crippen LogP contribution in [0.15, 0.2) is 52.5 Å². The highest BCUT2D eigenvalue weighted by molar-refractivity contribution is 7.13. The fourth-order valence-corrected chi connectivity index (χ4v) is 3.98. The zero-order valence-corrected chi connectivity index (χ0v) is 16.4. The normalized spacial score (nSPS) is 14.9. The average molecular weight is 398 g/mol. The molecule has 1 aliphatic heterocycles. The summed E-state index contributed by atoms with van der Waals surface area (Å²) in [5.74, 6) is 0.679. The Bertz CT molecular complexity index is 901. The maximum absolute atomic E-state index is 12.1. The highest BCUT2D eigenvalue weighted by Gasteiger charge is 2.13. The zero-order valence-electron chi connectivity index (χ0n) is 15.6. The van der Waals surface area contributed by atoms with Crippen molar-refractivity contribution in [3.8, 4) is 10.6 Å². The summed E-state index contributed by atoms with van der Waals surface area (Å²) in [6.45, 7) is 4.86. The van der Waals surface area contributed by atoms with Gasteiger partial charge in [0.15, 0.2) is 0 Å². The third-order valence-electron chi connectivity index (χ3n) is 4.62. The Labute approximate surface area is 168 Å². The number of nitrogens with one attached hydrogen (secondary N) is 1. The molecule has 0 radical (unpaired) electrons. The molecule has 1 N–H and O–H groups in total. The molecule has 0 unspecified atom stereocenters. The average Bonchev–Trinajstić information content (AvgIpc) is 3.40. The summed E-state index contributed by atoms with van der Waals surface area (Å²) in [5.41, 5.74) is 3.15. The van der Waals surface area contributed by atoms with E-state index in [1.54, 1.807) is 23.7 Å². The Kier molecular flexibility index (Phi) is 6.16. The summed E-state index contributed by atoms with van der Waals surface area (Å²) in [5, 5.41) is 5.75. The molecular weight excluding hydrogens is 374 g/mol. The molecule has 0 aliphatic carbocycles. The summed E-state index contributed by atoms with van der Waals surface area (Å²) < 4.78 is 10.6. The van der Waals surface area contributed by atoms with Crippen LogP contribution in [0.25, 0.3) is 10.6 Å². The molecule has 7 heteroatoms. The first-order valence-electron chi connectivity index (χ1n) is 9.39. The standard InChI is InChI=1S/C21H23N3O3S/c25-20(22-13-19-5-2-8-27-19)12-18-15-28-21(23-18)17-4-1-3-16(11-17)14-24-6-9-26-10-7-24/h1-5,8,11,15H,6-7,9-10,12-14H2,(H,22,25). The molecule has 3 aromatic rings. The van der Waals surface area contributed by atoms with Crippen molar-refractivity contribution in [2.24, 2.45) is 0 Å². The number of carbonyl (C=O) groups excluding carboxylic acids is 1. The van der Waals surface area contributed by atoms with Crippen molar-refractivity contribution in [2.75, 3.05) is 26.3 Å². The molecule has 6 nitrogen and oxygen atoms in total. The maximum Gasteiger partial charge on any atom is 0.226 e. The molecule has 1 saturated heterocycles. The highest BCUT2D eigenvalue weighted by Crippen LogP contribution is 2.25. The lowest BCUT2D eigenvalue weighted by Gasteiger charge is -2.26. The lowest BCUT2D eigenvalue weighted by atomic mass is 10.1. The summed E-state index contributed by atoms with van der Waals surface area (Å²) >= 11 is 1.57. The molecule has 2 aromatic heterocycles. The Balaban J connectivity index is 1.35. The molecule has 0 spiro atoms. The van der Waals surface area contributed by atoms with E-state index in [0.717, 1.165) is 54.9 Å². The van der Waals surface area contributed by atoms with Gasteiger partial charge in [0.2, 0.25) is 5.91 Å². The first-order valence-corrected chi connectivity index (χ1v) is 10.3. The van der Waals surface area contributed by atoms with Gasteiger partial charge in [0.25, 0.3) is 0 Å². The van der Waals surface area contributed by atoms with Crippen LogP contribution in [0.4, 0.5) is 0 Å². The van der Waals surface area contributed by atoms with E-state index in [0.29, 0.717) is 6.54 Å². The summed E-state index contributed by atoms with van der Waals surface area (Å²) in [7, 11) is 0. The largest absolute Gasteiger partial charge is 0.467 e. The van der Waals surface area contributed by atoms with Crippen molar-refractivity contribution >= 4 is 17.2 Å². The number of rotatable bonds is 7. The first-order chi connectivity index (χ1) is 13.8. The van der Waals surface area contributed by atoms with Gasteiger partial charge in [-0.25, -0.2) is 4.98 Å². The van der Waals surface area contributed by atoms with E-state index in [-0.39, 0.29) is 12.3 Å². The van der Waals surface area contributed by atoms with Crippen LogP contribution in [-0.2, 0) is 29.0 Å². The first kappa shape index (κ1) is 18.9. The topological polar surface area (TPSA) is 67.6 Å². The summed E-state index contributed by atoms with van der Waals surface area (Å²) in [4.78, 5) is 19.2. The van der Waals surface area contributed by atoms with Crippen LogP contribution in [0.2, 0.25) is 0 Å². The quantitative estimate of drug-likeness (QED) is 0.664. The number of thiazole rings is 1. The van der Waals surface area contributed by atoms with Gasteiger partial charge in [0, 0.05) is 30.6 Å². The van der Waals surface area contributed by atoms with Crippen molar-refractivity contribution in [3.63, 3.8) is 0 Å². The van der Waals surface area contributed by atoms with E-state index in [2.05, 4.69) is 39.5 Å². The second-order valence-electron chi connectivity index (χ2n) is 6.77. The molecule has 1 fully saturated rings. The van der Waals surface area contributed by atoms with Crippen LogP contribution in [0, 0.1) is 0 Å². The number of hydrogen-bond donors (Lipinski definition) is 1. The van der Waals surface area contributed by atoms with Gasteiger partial charge in [-0.3, -0.25) is 9.69 Å². The van der Waals surface area contributed by atoms with Crippen molar-refractivity contribution in [3.05, 3.63) is 65.1 Å². The van der Waals surface area contributed by atoms with Gasteiger partial charge in [-0.2, -0.15) is 0 Å². The minimum Gasteiger partial charge on any atom is -0.467 e. The number of morpholine rings is 1. The molecule has 0 bridgehead atoms. The van der Waals surface area contributed by atoms with Gasteiger partial charge in [-0.05, 0) is 23.8 Å². The van der Waals surface area contributed by atoms with Gasteiger partial charge in [-0.15, -0.1) is 11.3 Å². The smallest absolute Gasteiger partial charge is 0.226 e. The monoisotopic (exact) mass is 397 g/mol. The summed E-state index contributed by atoms with van der Waals surface area (Å²) in [6, 6.07) is 12.1. The van der Waals surface area contributed by atoms with Crippen LogP contribution < -0.4 is 5.32 Å². The lowest BCUT2D eigenvalue weighted by Crippen LogP contribution is -2.35. The van der Waals surface area contributed by atoms with Gasteiger partial charge < -0.3 is 14.5 Å². The number of aromatic nitrogens is 1. The van der Waals surface area contributed by atoms with Crippen LogP contribution >= 0.6 is 11.3 Å². The fourth-order valence-electron chi connectivity index (χ4n) is 3.17. The number of furan rings is 1. The van der Waals surface area contributed by atoms with Gasteiger partial charge in [0.1, 0.15) is 10.8 Å².